The lowest BCUT2D eigenvalue weighted by atomic mass is 10.1. The zero-order valence-electron chi connectivity index (χ0n) is 12.2. The fraction of sp³-hybridized carbons (Fsp3) is 0.533. The average Bonchev–Trinajstić information content (AvgIpc) is 2.98. The standard InChI is InChI=1S/C15H21N3O3/c1-17(15(19)10-16-13-7-3-4-8-13)11-12-6-2-5-9-14(12)18(20)21/h2,5-6,9,13,16H,3-4,7-8,10-11H2,1H3. The number of likely N-dealkylation sites (N-methyl/N-ethyl adjacent to an activating group) is 1. The van der Waals surface area contributed by atoms with Crippen molar-refractivity contribution in [2.24, 2.45) is 0 Å². The first-order valence-electron chi connectivity index (χ1n) is 7.27. The number of benzene rings is 1. The zero-order valence-corrected chi connectivity index (χ0v) is 12.2. The van der Waals surface area contributed by atoms with Gasteiger partial charge in [-0.1, -0.05) is 31.0 Å². The van der Waals surface area contributed by atoms with Gasteiger partial charge in [-0.05, 0) is 12.8 Å². The maximum atomic E-state index is 12.1. The molecule has 0 heterocycles. The number of nitrogens with zero attached hydrogens (tertiary/aromatic N) is 2. The van der Waals surface area contributed by atoms with Crippen molar-refractivity contribution in [2.75, 3.05) is 13.6 Å². The van der Waals surface area contributed by atoms with Crippen molar-refractivity contribution < 1.29 is 9.72 Å². The van der Waals surface area contributed by atoms with E-state index in [1.54, 1.807) is 25.2 Å². The summed E-state index contributed by atoms with van der Waals surface area (Å²) in [5.74, 6) is -0.0416. The number of rotatable bonds is 6. The van der Waals surface area contributed by atoms with Crippen LogP contribution in [-0.4, -0.2) is 35.4 Å². The summed E-state index contributed by atoms with van der Waals surface area (Å²) in [7, 11) is 1.68. The number of nitro groups is 1. The van der Waals surface area contributed by atoms with Crippen LogP contribution in [0.1, 0.15) is 31.2 Å². The molecule has 0 aromatic heterocycles. The summed E-state index contributed by atoms with van der Waals surface area (Å²) in [5, 5.41) is 14.2. The van der Waals surface area contributed by atoms with E-state index in [2.05, 4.69) is 5.32 Å². The highest BCUT2D eigenvalue weighted by molar-refractivity contribution is 5.78. The van der Waals surface area contributed by atoms with Crippen LogP contribution in [0.5, 0.6) is 0 Å². The minimum absolute atomic E-state index is 0.0416. The third-order valence-corrected chi connectivity index (χ3v) is 3.92. The Balaban J connectivity index is 1.89. The van der Waals surface area contributed by atoms with E-state index < -0.39 is 4.92 Å². The van der Waals surface area contributed by atoms with E-state index in [-0.39, 0.29) is 18.1 Å². The van der Waals surface area contributed by atoms with E-state index in [4.69, 9.17) is 0 Å². The molecule has 1 aromatic carbocycles. The van der Waals surface area contributed by atoms with Gasteiger partial charge in [0.1, 0.15) is 0 Å². The maximum absolute atomic E-state index is 12.1. The summed E-state index contributed by atoms with van der Waals surface area (Å²) in [5.41, 5.74) is 0.611. The molecule has 0 radical (unpaired) electrons. The average molecular weight is 291 g/mol. The van der Waals surface area contributed by atoms with Gasteiger partial charge in [0.05, 0.1) is 18.0 Å². The van der Waals surface area contributed by atoms with Crippen LogP contribution in [0.4, 0.5) is 5.69 Å². The molecule has 0 bridgehead atoms. The van der Waals surface area contributed by atoms with Gasteiger partial charge in [0.2, 0.25) is 5.91 Å². The van der Waals surface area contributed by atoms with Crippen LogP contribution < -0.4 is 5.32 Å². The van der Waals surface area contributed by atoms with Crippen LogP contribution in [0, 0.1) is 10.1 Å². The van der Waals surface area contributed by atoms with Crippen molar-refractivity contribution in [3.8, 4) is 0 Å². The molecule has 0 unspecified atom stereocenters. The Labute approximate surface area is 124 Å². The summed E-state index contributed by atoms with van der Waals surface area (Å²) in [6, 6.07) is 6.97. The van der Waals surface area contributed by atoms with Crippen LogP contribution in [0.15, 0.2) is 24.3 Å². The molecule has 1 N–H and O–H groups in total. The molecule has 0 aliphatic heterocycles. The van der Waals surface area contributed by atoms with Gasteiger partial charge in [-0.3, -0.25) is 14.9 Å². The van der Waals surface area contributed by atoms with E-state index in [1.165, 1.54) is 23.8 Å². The van der Waals surface area contributed by atoms with E-state index in [0.29, 0.717) is 18.2 Å². The first kappa shape index (κ1) is 15.4. The lowest BCUT2D eigenvalue weighted by Gasteiger charge is -2.19. The van der Waals surface area contributed by atoms with Gasteiger partial charge in [0.25, 0.3) is 5.69 Å². The van der Waals surface area contributed by atoms with Crippen LogP contribution >= 0.6 is 0 Å². The van der Waals surface area contributed by atoms with E-state index in [9.17, 15) is 14.9 Å². The molecule has 1 saturated carbocycles. The molecule has 1 aromatic rings. The highest BCUT2D eigenvalue weighted by atomic mass is 16.6. The minimum Gasteiger partial charge on any atom is -0.340 e. The highest BCUT2D eigenvalue weighted by Crippen LogP contribution is 2.19. The molecule has 1 amide bonds. The first-order chi connectivity index (χ1) is 10.1. The number of nitro benzene ring substituents is 1. The molecule has 6 heteroatoms. The Kier molecular flexibility index (Phi) is 5.27. The largest absolute Gasteiger partial charge is 0.340 e. The quantitative estimate of drug-likeness (QED) is 0.643. The van der Waals surface area contributed by atoms with Crippen molar-refractivity contribution in [1.29, 1.82) is 0 Å². The molecular weight excluding hydrogens is 270 g/mol. The topological polar surface area (TPSA) is 75.5 Å². The third-order valence-electron chi connectivity index (χ3n) is 3.92. The molecule has 0 spiro atoms. The van der Waals surface area contributed by atoms with Crippen molar-refractivity contribution in [1.82, 2.24) is 10.2 Å². The van der Waals surface area contributed by atoms with Gasteiger partial charge in [-0.2, -0.15) is 0 Å². The Morgan fingerprint density at radius 1 is 1.38 bits per heavy atom. The summed E-state index contributed by atoms with van der Waals surface area (Å²) in [6.45, 7) is 0.546. The minimum atomic E-state index is -0.412. The molecule has 114 valence electrons. The molecule has 6 nitrogen and oxygen atoms in total. The normalized spacial score (nSPS) is 15.1. The third kappa shape index (κ3) is 4.26. The van der Waals surface area contributed by atoms with Crippen molar-refractivity contribution in [2.45, 2.75) is 38.3 Å². The Hall–Kier alpha value is -1.95. The Bertz CT molecular complexity index is 513. The summed E-state index contributed by atoms with van der Waals surface area (Å²) in [4.78, 5) is 24.2. The summed E-state index contributed by atoms with van der Waals surface area (Å²) >= 11 is 0. The van der Waals surface area contributed by atoms with Gasteiger partial charge >= 0.3 is 0 Å². The molecule has 0 atom stereocenters. The summed E-state index contributed by atoms with van der Waals surface area (Å²) in [6.07, 6.45) is 4.69. The number of carbonyl (C=O) groups excluding carboxylic acids is 1. The van der Waals surface area contributed by atoms with E-state index >= 15 is 0 Å². The highest BCUT2D eigenvalue weighted by Gasteiger charge is 2.19. The van der Waals surface area contributed by atoms with E-state index in [1.807, 2.05) is 0 Å². The SMILES string of the molecule is CN(Cc1ccccc1[N+](=O)[O-])C(=O)CNC1CCCC1. The predicted octanol–water partition coefficient (Wildman–Crippen LogP) is 2.09. The second-order valence-corrected chi connectivity index (χ2v) is 5.50. The number of carbonyl (C=O) groups is 1. The number of hydrogen-bond acceptors (Lipinski definition) is 4. The maximum Gasteiger partial charge on any atom is 0.274 e. The van der Waals surface area contributed by atoms with Gasteiger partial charge in [-0.15, -0.1) is 0 Å². The van der Waals surface area contributed by atoms with E-state index in [0.717, 1.165) is 12.8 Å². The lowest BCUT2D eigenvalue weighted by molar-refractivity contribution is -0.385. The van der Waals surface area contributed by atoms with Gasteiger partial charge in [0, 0.05) is 24.7 Å². The molecular formula is C15H21N3O3. The molecule has 1 aliphatic rings. The summed E-state index contributed by atoms with van der Waals surface area (Å²) < 4.78 is 0. The Morgan fingerprint density at radius 2 is 2.05 bits per heavy atom. The monoisotopic (exact) mass is 291 g/mol. The number of nitrogens with one attached hydrogen (secondary N) is 1. The molecule has 0 saturated heterocycles. The van der Waals surface area contributed by atoms with Crippen molar-refractivity contribution in [3.63, 3.8) is 0 Å². The molecule has 1 fully saturated rings. The Morgan fingerprint density at radius 3 is 2.71 bits per heavy atom. The number of hydrogen-bond donors (Lipinski definition) is 1. The van der Waals surface area contributed by atoms with Crippen LogP contribution in [0.25, 0.3) is 0 Å². The molecule has 21 heavy (non-hydrogen) atoms. The predicted molar refractivity (Wildman–Crippen MR) is 79.8 cm³/mol. The van der Waals surface area contributed by atoms with Crippen molar-refractivity contribution in [3.05, 3.63) is 39.9 Å². The lowest BCUT2D eigenvalue weighted by Crippen LogP contribution is -2.38. The van der Waals surface area contributed by atoms with Gasteiger partial charge in [-0.25, -0.2) is 0 Å². The number of para-hydroxylation sites is 1. The van der Waals surface area contributed by atoms with Crippen LogP contribution in [-0.2, 0) is 11.3 Å². The molecule has 2 rings (SSSR count). The molecule has 1 aliphatic carbocycles. The number of amides is 1. The van der Waals surface area contributed by atoms with Gasteiger partial charge < -0.3 is 10.2 Å². The van der Waals surface area contributed by atoms with Crippen molar-refractivity contribution >= 4 is 11.6 Å². The van der Waals surface area contributed by atoms with Crippen LogP contribution in [0.2, 0.25) is 0 Å². The van der Waals surface area contributed by atoms with Gasteiger partial charge in [0.15, 0.2) is 0 Å². The fourth-order valence-electron chi connectivity index (χ4n) is 2.66. The fourth-order valence-corrected chi connectivity index (χ4v) is 2.66. The smallest absolute Gasteiger partial charge is 0.274 e. The second kappa shape index (κ2) is 7.17. The first-order valence-corrected chi connectivity index (χ1v) is 7.27. The van der Waals surface area contributed by atoms with Crippen LogP contribution in [0.3, 0.4) is 0 Å². The second-order valence-electron chi connectivity index (χ2n) is 5.50. The zero-order chi connectivity index (χ0) is 15.2.